The van der Waals surface area contributed by atoms with Gasteiger partial charge in [0.2, 0.25) is 5.92 Å². The van der Waals surface area contributed by atoms with Gasteiger partial charge in [-0.3, -0.25) is 4.79 Å². The molecule has 0 bridgehead atoms. The predicted molar refractivity (Wildman–Crippen MR) is 109 cm³/mol. The maximum atomic E-state index is 13.5. The van der Waals surface area contributed by atoms with E-state index in [0.717, 1.165) is 0 Å². The molecule has 2 aromatic heterocycles. The van der Waals surface area contributed by atoms with Crippen LogP contribution in [0.5, 0.6) is 0 Å². The summed E-state index contributed by atoms with van der Waals surface area (Å²) >= 11 is 0. The number of carbonyl (C=O) groups excluding carboxylic acids is 1. The summed E-state index contributed by atoms with van der Waals surface area (Å²) in [5, 5.41) is 7.29. The third-order valence-electron chi connectivity index (χ3n) is 4.83. The van der Waals surface area contributed by atoms with Crippen LogP contribution in [-0.4, -0.2) is 43.3 Å². The molecule has 0 radical (unpaired) electrons. The molecule has 0 amide bonds. The Morgan fingerprint density at radius 1 is 1.26 bits per heavy atom. The first-order valence-electron chi connectivity index (χ1n) is 10.4. The Hall–Kier alpha value is -2.65. The number of anilines is 1. The third kappa shape index (κ3) is 6.93. The molecule has 0 atom stereocenters. The second kappa shape index (κ2) is 9.23. The molecule has 0 unspecified atom stereocenters. The summed E-state index contributed by atoms with van der Waals surface area (Å²) in [5.41, 5.74) is 0.227. The molecule has 1 fully saturated rings. The Labute approximate surface area is 179 Å². The zero-order chi connectivity index (χ0) is 22.6. The van der Waals surface area contributed by atoms with Crippen LogP contribution >= 0.6 is 0 Å². The summed E-state index contributed by atoms with van der Waals surface area (Å²) in [6.45, 7) is 4.67. The van der Waals surface area contributed by atoms with Crippen LogP contribution in [-0.2, 0) is 22.6 Å². The zero-order valence-corrected chi connectivity index (χ0v) is 18.0. The van der Waals surface area contributed by atoms with Gasteiger partial charge in [-0.05, 0) is 39.7 Å². The number of aromatic nitrogens is 4. The van der Waals surface area contributed by atoms with Gasteiger partial charge in [-0.2, -0.15) is 10.1 Å². The number of rotatable bonds is 7. The van der Waals surface area contributed by atoms with Crippen LogP contribution in [0.3, 0.4) is 0 Å². The topological polar surface area (TPSA) is 81.9 Å². The van der Waals surface area contributed by atoms with Gasteiger partial charge in [0.1, 0.15) is 18.1 Å². The lowest BCUT2D eigenvalue weighted by molar-refractivity contribution is -0.154. The number of carbonyl (C=O) groups is 1. The molecule has 2 heterocycles. The van der Waals surface area contributed by atoms with Crippen LogP contribution in [0, 0.1) is 0 Å². The van der Waals surface area contributed by atoms with Crippen LogP contribution < -0.4 is 5.32 Å². The maximum absolute atomic E-state index is 13.5. The van der Waals surface area contributed by atoms with Crippen LogP contribution in [0.15, 0.2) is 18.3 Å². The molecule has 170 valence electrons. The molecular formula is C21H28F3N5O2. The zero-order valence-electron chi connectivity index (χ0n) is 18.0. The molecule has 31 heavy (non-hydrogen) atoms. The van der Waals surface area contributed by atoms with Crippen LogP contribution in [0.2, 0.25) is 0 Å². The van der Waals surface area contributed by atoms with Gasteiger partial charge >= 0.3 is 5.97 Å². The van der Waals surface area contributed by atoms with Crippen molar-refractivity contribution in [1.29, 1.82) is 0 Å². The van der Waals surface area contributed by atoms with Crippen molar-refractivity contribution in [1.82, 2.24) is 19.7 Å². The molecule has 1 aliphatic carbocycles. The van der Waals surface area contributed by atoms with Crippen molar-refractivity contribution in [3.8, 4) is 5.95 Å². The van der Waals surface area contributed by atoms with Gasteiger partial charge in [0, 0.05) is 43.3 Å². The number of aryl methyl sites for hydroxylation is 1. The van der Waals surface area contributed by atoms with Crippen molar-refractivity contribution in [2.75, 3.05) is 5.32 Å². The fourth-order valence-electron chi connectivity index (χ4n) is 3.35. The van der Waals surface area contributed by atoms with Gasteiger partial charge in [-0.25, -0.2) is 22.8 Å². The summed E-state index contributed by atoms with van der Waals surface area (Å²) < 4.78 is 46.5. The predicted octanol–water partition coefficient (Wildman–Crippen LogP) is 4.40. The summed E-state index contributed by atoms with van der Waals surface area (Å²) in [7, 11) is 0. The van der Waals surface area contributed by atoms with Crippen LogP contribution in [0.4, 0.5) is 19.0 Å². The monoisotopic (exact) mass is 439 g/mol. The van der Waals surface area contributed by atoms with Crippen LogP contribution in [0.1, 0.15) is 64.3 Å². The first kappa shape index (κ1) is 23.0. The number of esters is 1. The minimum Gasteiger partial charge on any atom is -0.460 e. The van der Waals surface area contributed by atoms with E-state index in [1.165, 1.54) is 10.7 Å². The van der Waals surface area contributed by atoms with Crippen molar-refractivity contribution in [2.24, 2.45) is 0 Å². The molecule has 0 aliphatic heterocycles. The first-order chi connectivity index (χ1) is 14.5. The highest BCUT2D eigenvalue weighted by molar-refractivity contribution is 5.70. The van der Waals surface area contributed by atoms with E-state index in [4.69, 9.17) is 4.74 Å². The normalized spacial score (nSPS) is 16.8. The average Bonchev–Trinajstić information content (AvgIpc) is 3.16. The molecule has 3 rings (SSSR count). The number of hydrogen-bond donors (Lipinski definition) is 1. The number of alkyl halides is 3. The van der Waals surface area contributed by atoms with Gasteiger partial charge in [0.05, 0.1) is 12.1 Å². The van der Waals surface area contributed by atoms with Gasteiger partial charge in [0.15, 0.2) is 0 Å². The Bertz CT molecular complexity index is 901. The number of nitrogens with one attached hydrogen (secondary N) is 1. The van der Waals surface area contributed by atoms with Gasteiger partial charge < -0.3 is 10.1 Å². The summed E-state index contributed by atoms with van der Waals surface area (Å²) in [6, 6.07) is 3.08. The quantitative estimate of drug-likeness (QED) is 0.644. The largest absolute Gasteiger partial charge is 0.460 e. The van der Waals surface area contributed by atoms with Gasteiger partial charge in [-0.15, -0.1) is 0 Å². The van der Waals surface area contributed by atoms with Gasteiger partial charge in [0.25, 0.3) is 5.95 Å². The molecule has 2 aromatic rings. The lowest BCUT2D eigenvalue weighted by Gasteiger charge is -2.29. The molecule has 1 saturated carbocycles. The van der Waals surface area contributed by atoms with Crippen molar-refractivity contribution in [3.63, 3.8) is 0 Å². The number of nitrogens with zero attached hydrogens (tertiary/aromatic N) is 4. The lowest BCUT2D eigenvalue weighted by atomic mass is 9.92. The van der Waals surface area contributed by atoms with Crippen molar-refractivity contribution < 1.29 is 22.7 Å². The summed E-state index contributed by atoms with van der Waals surface area (Å²) in [6.07, 6.45) is 2.28. The van der Waals surface area contributed by atoms with E-state index >= 15 is 0 Å². The number of halogens is 3. The molecule has 1 aliphatic rings. The highest BCUT2D eigenvalue weighted by Gasteiger charge is 2.35. The molecule has 7 nitrogen and oxygen atoms in total. The highest BCUT2D eigenvalue weighted by Crippen LogP contribution is 2.34. The van der Waals surface area contributed by atoms with E-state index in [-0.39, 0.29) is 42.9 Å². The minimum absolute atomic E-state index is 0.123. The lowest BCUT2D eigenvalue weighted by Crippen LogP contribution is -2.32. The number of hydrogen-bond acceptors (Lipinski definition) is 6. The van der Waals surface area contributed by atoms with Crippen molar-refractivity contribution in [3.05, 3.63) is 29.7 Å². The highest BCUT2D eigenvalue weighted by atomic mass is 19.3. The second-order valence-corrected chi connectivity index (χ2v) is 8.79. The van der Waals surface area contributed by atoms with E-state index in [1.54, 1.807) is 33.0 Å². The molecule has 1 N–H and O–H groups in total. The Morgan fingerprint density at radius 2 is 1.97 bits per heavy atom. The molecular weight excluding hydrogens is 411 g/mol. The first-order valence-corrected chi connectivity index (χ1v) is 10.4. The smallest absolute Gasteiger partial charge is 0.306 e. The second-order valence-electron chi connectivity index (χ2n) is 8.79. The third-order valence-corrected chi connectivity index (χ3v) is 4.83. The summed E-state index contributed by atoms with van der Waals surface area (Å²) in [4.78, 5) is 20.9. The van der Waals surface area contributed by atoms with Crippen LogP contribution in [0.25, 0.3) is 5.95 Å². The van der Waals surface area contributed by atoms with E-state index in [9.17, 15) is 18.0 Å². The van der Waals surface area contributed by atoms with E-state index in [0.29, 0.717) is 30.8 Å². The van der Waals surface area contributed by atoms with E-state index in [2.05, 4.69) is 20.4 Å². The molecule has 0 aromatic carbocycles. The van der Waals surface area contributed by atoms with Crippen molar-refractivity contribution >= 4 is 11.8 Å². The fraction of sp³-hybridized carbons (Fsp3) is 0.619. The number of ether oxygens (including phenoxy) is 1. The minimum atomic E-state index is -2.62. The summed E-state index contributed by atoms with van der Waals surface area (Å²) in [5.74, 6) is -2.30. The van der Waals surface area contributed by atoms with E-state index in [1.807, 2.05) is 0 Å². The average molecular weight is 439 g/mol. The standard InChI is InChI=1S/C21H28F3N5O2/c1-20(2,3)31-18(30)5-4-15-12-17(25-14-6-9-21(23,24)10-7-14)27-19(26-15)29-11-8-16(13-22)28-29/h8,11-12,14H,4-7,9-10,13H2,1-3H3,(H,25,26,27). The Morgan fingerprint density at radius 3 is 2.58 bits per heavy atom. The Kier molecular flexibility index (Phi) is 6.86. The van der Waals surface area contributed by atoms with E-state index < -0.39 is 18.2 Å². The molecule has 10 heteroatoms. The SMILES string of the molecule is CC(C)(C)OC(=O)CCc1cc(NC2CCC(F)(F)CC2)nc(-n2ccc(CF)n2)n1. The Balaban J connectivity index is 1.78. The van der Waals surface area contributed by atoms with Gasteiger partial charge in [-0.1, -0.05) is 0 Å². The van der Waals surface area contributed by atoms with Crippen molar-refractivity contribution in [2.45, 2.75) is 83.5 Å². The molecule has 0 spiro atoms. The molecule has 0 saturated heterocycles. The maximum Gasteiger partial charge on any atom is 0.306 e. The fourth-order valence-corrected chi connectivity index (χ4v) is 3.35.